The number of aromatic nitrogens is 2. The number of anilines is 2. The Bertz CT molecular complexity index is 769. The smallest absolute Gasteiger partial charge is 0.112 e. The molecule has 0 atom stereocenters. The van der Waals surface area contributed by atoms with E-state index in [0.717, 1.165) is 35.8 Å². The Morgan fingerprint density at radius 3 is 2.45 bits per heavy atom. The maximum absolute atomic E-state index is 4.43. The van der Waals surface area contributed by atoms with Crippen molar-refractivity contribution < 1.29 is 0 Å². The molecule has 3 aromatic rings. The summed E-state index contributed by atoms with van der Waals surface area (Å²) in [5.74, 6) is 0. The first-order chi connectivity index (χ1) is 9.65. The SMILES string of the molecule is Brc1cnc2c(Nc3c(Br)cccc3Br)ccnc2c1. The lowest BCUT2D eigenvalue weighted by Gasteiger charge is -2.12. The lowest BCUT2D eigenvalue weighted by molar-refractivity contribution is 1.32. The van der Waals surface area contributed by atoms with Crippen LogP contribution in [0.3, 0.4) is 0 Å². The van der Waals surface area contributed by atoms with E-state index >= 15 is 0 Å². The first-order valence-corrected chi connectivity index (χ1v) is 8.14. The van der Waals surface area contributed by atoms with Crippen molar-refractivity contribution in [3.63, 3.8) is 0 Å². The van der Waals surface area contributed by atoms with Gasteiger partial charge in [-0.1, -0.05) is 6.07 Å². The Morgan fingerprint density at radius 1 is 0.950 bits per heavy atom. The van der Waals surface area contributed by atoms with E-state index in [1.165, 1.54) is 0 Å². The summed E-state index contributed by atoms with van der Waals surface area (Å²) in [6.07, 6.45) is 3.54. The van der Waals surface area contributed by atoms with Gasteiger partial charge in [0.2, 0.25) is 0 Å². The predicted molar refractivity (Wildman–Crippen MR) is 92.4 cm³/mol. The van der Waals surface area contributed by atoms with Gasteiger partial charge in [-0.2, -0.15) is 0 Å². The summed E-state index contributed by atoms with van der Waals surface area (Å²) >= 11 is 10.5. The number of hydrogen-bond acceptors (Lipinski definition) is 3. The molecule has 0 fully saturated rings. The lowest BCUT2D eigenvalue weighted by atomic mass is 10.2. The minimum atomic E-state index is 0.832. The summed E-state index contributed by atoms with van der Waals surface area (Å²) in [5, 5.41) is 3.39. The van der Waals surface area contributed by atoms with E-state index in [2.05, 4.69) is 63.1 Å². The molecule has 0 amide bonds. The molecule has 20 heavy (non-hydrogen) atoms. The fourth-order valence-corrected chi connectivity index (χ4v) is 3.37. The van der Waals surface area contributed by atoms with Crippen LogP contribution in [0.4, 0.5) is 11.4 Å². The van der Waals surface area contributed by atoms with E-state index < -0.39 is 0 Å². The Hall–Kier alpha value is -0.980. The zero-order chi connectivity index (χ0) is 14.1. The third kappa shape index (κ3) is 2.73. The molecule has 0 aliphatic carbocycles. The number of halogens is 3. The zero-order valence-electron chi connectivity index (χ0n) is 10.1. The van der Waals surface area contributed by atoms with E-state index in [1.54, 1.807) is 12.4 Å². The van der Waals surface area contributed by atoms with Crippen LogP contribution in [0.2, 0.25) is 0 Å². The van der Waals surface area contributed by atoms with Crippen molar-refractivity contribution in [2.24, 2.45) is 0 Å². The topological polar surface area (TPSA) is 37.8 Å². The minimum Gasteiger partial charge on any atom is -0.352 e. The molecular weight excluding hydrogens is 450 g/mol. The van der Waals surface area contributed by atoms with Crippen molar-refractivity contribution >= 4 is 70.2 Å². The van der Waals surface area contributed by atoms with Crippen molar-refractivity contribution in [2.75, 3.05) is 5.32 Å². The molecule has 0 saturated heterocycles. The van der Waals surface area contributed by atoms with Crippen molar-refractivity contribution in [3.8, 4) is 0 Å². The van der Waals surface area contributed by atoms with Gasteiger partial charge >= 0.3 is 0 Å². The van der Waals surface area contributed by atoms with E-state index in [4.69, 9.17) is 0 Å². The van der Waals surface area contributed by atoms with Crippen molar-refractivity contribution in [3.05, 3.63) is 56.1 Å². The fourth-order valence-electron chi connectivity index (χ4n) is 1.86. The van der Waals surface area contributed by atoms with Crippen LogP contribution in [0.5, 0.6) is 0 Å². The molecule has 0 spiro atoms. The lowest BCUT2D eigenvalue weighted by Crippen LogP contribution is -1.96. The number of nitrogens with zero attached hydrogens (tertiary/aromatic N) is 2. The van der Waals surface area contributed by atoms with Crippen molar-refractivity contribution in [2.45, 2.75) is 0 Å². The van der Waals surface area contributed by atoms with Gasteiger partial charge in [0.15, 0.2) is 0 Å². The molecule has 1 aromatic carbocycles. The van der Waals surface area contributed by atoms with Gasteiger partial charge in [-0.05, 0) is 72.1 Å². The number of hydrogen-bond donors (Lipinski definition) is 1. The number of rotatable bonds is 2. The molecular formula is C14H8Br3N3. The highest BCUT2D eigenvalue weighted by atomic mass is 79.9. The summed E-state index contributed by atoms with van der Waals surface area (Å²) in [5.41, 5.74) is 3.55. The van der Waals surface area contributed by atoms with Crippen LogP contribution in [0.25, 0.3) is 11.0 Å². The quantitative estimate of drug-likeness (QED) is 0.539. The monoisotopic (exact) mass is 455 g/mol. The summed E-state index contributed by atoms with van der Waals surface area (Å²) < 4.78 is 2.87. The van der Waals surface area contributed by atoms with Crippen LogP contribution in [0, 0.1) is 0 Å². The van der Waals surface area contributed by atoms with E-state index in [-0.39, 0.29) is 0 Å². The molecule has 2 aromatic heterocycles. The maximum atomic E-state index is 4.43. The van der Waals surface area contributed by atoms with E-state index in [1.807, 2.05) is 30.3 Å². The number of pyridine rings is 2. The average molecular weight is 458 g/mol. The molecule has 0 unspecified atom stereocenters. The Labute approximate surface area is 141 Å². The normalized spacial score (nSPS) is 10.8. The molecule has 3 nitrogen and oxygen atoms in total. The van der Waals surface area contributed by atoms with Gasteiger partial charge in [0.1, 0.15) is 5.52 Å². The standard InChI is InChI=1S/C14H8Br3N3/c15-8-6-12-14(19-7-8)11(4-5-18-12)20-13-9(16)2-1-3-10(13)17/h1-7H,(H,18,20). The van der Waals surface area contributed by atoms with Gasteiger partial charge in [-0.3, -0.25) is 9.97 Å². The highest BCUT2D eigenvalue weighted by Crippen LogP contribution is 2.34. The molecule has 2 heterocycles. The summed E-state index contributed by atoms with van der Waals surface area (Å²) in [6, 6.07) is 9.80. The number of benzene rings is 1. The van der Waals surface area contributed by atoms with Crippen LogP contribution in [0.15, 0.2) is 56.1 Å². The average Bonchev–Trinajstić information content (AvgIpc) is 2.42. The summed E-state index contributed by atoms with van der Waals surface area (Å²) in [6.45, 7) is 0. The third-order valence-corrected chi connectivity index (χ3v) is 4.52. The Kier molecular flexibility index (Phi) is 4.05. The van der Waals surface area contributed by atoms with Gasteiger partial charge in [0.25, 0.3) is 0 Å². The molecule has 3 rings (SSSR count). The number of fused-ring (bicyclic) bond motifs is 1. The second-order valence-corrected chi connectivity index (χ2v) is 6.73. The second kappa shape index (κ2) is 5.79. The van der Waals surface area contributed by atoms with E-state index in [9.17, 15) is 0 Å². The van der Waals surface area contributed by atoms with Crippen LogP contribution in [-0.2, 0) is 0 Å². The van der Waals surface area contributed by atoms with Gasteiger partial charge in [-0.15, -0.1) is 0 Å². The van der Waals surface area contributed by atoms with Crippen LogP contribution < -0.4 is 5.32 Å². The van der Waals surface area contributed by atoms with Gasteiger partial charge in [0.05, 0.1) is 16.9 Å². The molecule has 0 radical (unpaired) electrons. The first kappa shape index (κ1) is 14.0. The molecule has 1 N–H and O–H groups in total. The highest BCUT2D eigenvalue weighted by Gasteiger charge is 2.08. The van der Waals surface area contributed by atoms with Crippen LogP contribution >= 0.6 is 47.8 Å². The number of para-hydroxylation sites is 1. The summed E-state index contributed by atoms with van der Waals surface area (Å²) in [4.78, 5) is 8.77. The largest absolute Gasteiger partial charge is 0.352 e. The van der Waals surface area contributed by atoms with E-state index in [0.29, 0.717) is 0 Å². The molecule has 0 aliphatic heterocycles. The van der Waals surface area contributed by atoms with Crippen LogP contribution in [0.1, 0.15) is 0 Å². The molecule has 6 heteroatoms. The van der Waals surface area contributed by atoms with Crippen molar-refractivity contribution in [1.82, 2.24) is 9.97 Å². The van der Waals surface area contributed by atoms with Crippen LogP contribution in [-0.4, -0.2) is 9.97 Å². The molecule has 0 aliphatic rings. The summed E-state index contributed by atoms with van der Waals surface area (Å²) in [7, 11) is 0. The maximum Gasteiger partial charge on any atom is 0.112 e. The van der Waals surface area contributed by atoms with Gasteiger partial charge in [0, 0.05) is 25.8 Å². The Balaban J connectivity index is 2.11. The molecule has 100 valence electrons. The predicted octanol–water partition coefficient (Wildman–Crippen LogP) is 5.66. The molecule has 0 saturated carbocycles. The second-order valence-electron chi connectivity index (χ2n) is 4.10. The highest BCUT2D eigenvalue weighted by molar-refractivity contribution is 9.11. The third-order valence-electron chi connectivity index (χ3n) is 2.77. The fraction of sp³-hybridized carbons (Fsp3) is 0. The Morgan fingerprint density at radius 2 is 1.70 bits per heavy atom. The van der Waals surface area contributed by atoms with Gasteiger partial charge < -0.3 is 5.32 Å². The van der Waals surface area contributed by atoms with Crippen molar-refractivity contribution in [1.29, 1.82) is 0 Å². The minimum absolute atomic E-state index is 0.832. The molecule has 0 bridgehead atoms. The van der Waals surface area contributed by atoms with Gasteiger partial charge in [-0.25, -0.2) is 0 Å². The zero-order valence-corrected chi connectivity index (χ0v) is 14.8. The number of nitrogens with one attached hydrogen (secondary N) is 1. The first-order valence-electron chi connectivity index (χ1n) is 5.76.